The van der Waals surface area contributed by atoms with Crippen LogP contribution in [0.2, 0.25) is 0 Å². The number of fused-ring (bicyclic) bond motifs is 5. The molecule has 0 fully saturated rings. The van der Waals surface area contributed by atoms with Crippen LogP contribution in [0.25, 0.3) is 52.8 Å². The van der Waals surface area contributed by atoms with E-state index in [2.05, 4.69) is 157 Å². The Labute approximate surface area is 243 Å². The topological polar surface area (TPSA) is 3.24 Å². The van der Waals surface area contributed by atoms with E-state index in [1.165, 1.54) is 75.5 Å². The maximum atomic E-state index is 2.49. The maximum Gasteiger partial charge on any atom is 0.0640 e. The first-order chi connectivity index (χ1) is 20.3. The average molecular weight is 542 g/mol. The van der Waals surface area contributed by atoms with Gasteiger partial charge in [0.05, 0.1) is 16.1 Å². The predicted octanol–water partition coefficient (Wildman–Crippen LogP) is 11.8. The minimum Gasteiger partial charge on any atom is -0.308 e. The number of para-hydroxylation sites is 1. The van der Waals surface area contributed by atoms with E-state index in [1.54, 1.807) is 0 Å². The van der Waals surface area contributed by atoms with Crippen LogP contribution in [-0.2, 0) is 0 Å². The van der Waals surface area contributed by atoms with Crippen LogP contribution in [0.5, 0.6) is 0 Å². The first-order valence-electron chi connectivity index (χ1n) is 14.0. The van der Waals surface area contributed by atoms with Crippen molar-refractivity contribution in [3.63, 3.8) is 0 Å². The minimum absolute atomic E-state index is 1.18. The third-order valence-electron chi connectivity index (χ3n) is 8.17. The van der Waals surface area contributed by atoms with Crippen LogP contribution in [-0.4, -0.2) is 0 Å². The highest BCUT2D eigenvalue weighted by atomic mass is 32.1. The summed E-state index contributed by atoms with van der Waals surface area (Å²) in [7, 11) is 0. The van der Waals surface area contributed by atoms with Gasteiger partial charge in [0, 0.05) is 26.7 Å². The lowest BCUT2D eigenvalue weighted by Crippen LogP contribution is -2.13. The second-order valence-corrected chi connectivity index (χ2v) is 11.7. The highest BCUT2D eigenvalue weighted by Gasteiger charge is 2.23. The predicted molar refractivity (Wildman–Crippen MR) is 179 cm³/mol. The normalized spacial score (nSPS) is 11.5. The Morgan fingerprint density at radius 2 is 1.12 bits per heavy atom. The van der Waals surface area contributed by atoms with Gasteiger partial charge in [0.25, 0.3) is 0 Å². The standard InChI is InChI=1S/C39H27NS/c1-26-11-2-8-18-34(26)40(36-19-10-17-33-32-16-7-9-20-37(32)41-39(33)36)35-24-23-28-13-5-6-15-31(28)38(35)30-22-21-27-12-3-4-14-29(27)25-30/h2-25H,1H3. The van der Waals surface area contributed by atoms with Crippen molar-refractivity contribution in [3.8, 4) is 11.1 Å². The molecule has 0 N–H and O–H groups in total. The monoisotopic (exact) mass is 541 g/mol. The van der Waals surface area contributed by atoms with Crippen molar-refractivity contribution in [2.45, 2.75) is 6.92 Å². The van der Waals surface area contributed by atoms with Gasteiger partial charge in [0.15, 0.2) is 0 Å². The van der Waals surface area contributed by atoms with Gasteiger partial charge in [-0.1, -0.05) is 115 Å². The third-order valence-corrected chi connectivity index (χ3v) is 9.38. The summed E-state index contributed by atoms with van der Waals surface area (Å²) in [5.41, 5.74) is 7.28. The van der Waals surface area contributed by atoms with E-state index < -0.39 is 0 Å². The molecule has 0 saturated carbocycles. The van der Waals surface area contributed by atoms with Gasteiger partial charge in [0.1, 0.15) is 0 Å². The summed E-state index contributed by atoms with van der Waals surface area (Å²) in [6, 6.07) is 53.1. The summed E-state index contributed by atoms with van der Waals surface area (Å²) in [4.78, 5) is 2.49. The van der Waals surface area contributed by atoms with E-state index in [0.29, 0.717) is 0 Å². The van der Waals surface area contributed by atoms with Gasteiger partial charge < -0.3 is 4.90 Å². The van der Waals surface area contributed by atoms with Crippen molar-refractivity contribution in [1.29, 1.82) is 0 Å². The molecule has 1 aromatic heterocycles. The van der Waals surface area contributed by atoms with Crippen LogP contribution in [0.15, 0.2) is 146 Å². The largest absolute Gasteiger partial charge is 0.308 e. The highest BCUT2D eigenvalue weighted by Crippen LogP contribution is 2.49. The van der Waals surface area contributed by atoms with Gasteiger partial charge in [0.2, 0.25) is 0 Å². The molecule has 0 aliphatic carbocycles. The Morgan fingerprint density at radius 1 is 0.463 bits per heavy atom. The number of aryl methyl sites for hydroxylation is 1. The Kier molecular flexibility index (Phi) is 5.61. The maximum absolute atomic E-state index is 2.49. The first kappa shape index (κ1) is 23.9. The molecule has 0 saturated heterocycles. The third kappa shape index (κ3) is 3.91. The quantitative estimate of drug-likeness (QED) is 0.214. The van der Waals surface area contributed by atoms with Gasteiger partial charge in [-0.2, -0.15) is 0 Å². The molecule has 8 rings (SSSR count). The molecule has 0 unspecified atom stereocenters. The fourth-order valence-electron chi connectivity index (χ4n) is 6.21. The first-order valence-corrected chi connectivity index (χ1v) is 14.8. The fourth-order valence-corrected chi connectivity index (χ4v) is 7.41. The second kappa shape index (κ2) is 9.62. The van der Waals surface area contributed by atoms with Crippen LogP contribution in [0.4, 0.5) is 17.1 Å². The van der Waals surface area contributed by atoms with Crippen molar-refractivity contribution in [2.75, 3.05) is 4.90 Å². The minimum atomic E-state index is 1.18. The number of nitrogens with zero attached hydrogens (tertiary/aromatic N) is 1. The molecule has 1 nitrogen and oxygen atoms in total. The zero-order valence-corrected chi connectivity index (χ0v) is 23.5. The van der Waals surface area contributed by atoms with E-state index in [4.69, 9.17) is 0 Å². The van der Waals surface area contributed by atoms with Crippen LogP contribution in [0.3, 0.4) is 0 Å². The summed E-state index contributed by atoms with van der Waals surface area (Å²) < 4.78 is 2.61. The Hall–Kier alpha value is -4.92. The molecule has 0 atom stereocenters. The molecule has 0 aliphatic heterocycles. The van der Waals surface area contributed by atoms with Gasteiger partial charge in [-0.05, 0) is 69.9 Å². The van der Waals surface area contributed by atoms with Crippen molar-refractivity contribution in [1.82, 2.24) is 0 Å². The molecular formula is C39H27NS. The summed E-state index contributed by atoms with van der Waals surface area (Å²) in [5, 5.41) is 7.61. The Morgan fingerprint density at radius 3 is 2.00 bits per heavy atom. The number of thiophene rings is 1. The average Bonchev–Trinajstić information content (AvgIpc) is 3.41. The van der Waals surface area contributed by atoms with Crippen molar-refractivity contribution < 1.29 is 0 Å². The smallest absolute Gasteiger partial charge is 0.0640 e. The Balaban J connectivity index is 1.49. The fraction of sp³-hybridized carbons (Fsp3) is 0.0256. The SMILES string of the molecule is Cc1ccccc1N(c1ccc2ccccc2c1-c1ccc2ccccc2c1)c1cccc2c1sc1ccccc12. The molecule has 41 heavy (non-hydrogen) atoms. The molecule has 194 valence electrons. The van der Waals surface area contributed by atoms with Gasteiger partial charge in [-0.3, -0.25) is 0 Å². The van der Waals surface area contributed by atoms with Crippen LogP contribution in [0, 0.1) is 6.92 Å². The van der Waals surface area contributed by atoms with Gasteiger partial charge in [-0.25, -0.2) is 0 Å². The lowest BCUT2D eigenvalue weighted by molar-refractivity contribution is 1.27. The molecule has 0 bridgehead atoms. The molecule has 2 heteroatoms. The molecule has 0 amide bonds. The van der Waals surface area contributed by atoms with Crippen LogP contribution in [0.1, 0.15) is 5.56 Å². The second-order valence-electron chi connectivity index (χ2n) is 10.6. The van der Waals surface area contributed by atoms with E-state index in [1.807, 2.05) is 11.3 Å². The zero-order valence-electron chi connectivity index (χ0n) is 22.7. The molecule has 0 aliphatic rings. The summed E-state index contributed by atoms with van der Waals surface area (Å²) in [5.74, 6) is 0. The number of hydrogen-bond donors (Lipinski definition) is 0. The molecule has 7 aromatic carbocycles. The van der Waals surface area contributed by atoms with Crippen molar-refractivity contribution >= 4 is 70.1 Å². The summed E-state index contributed by atoms with van der Waals surface area (Å²) in [6.45, 7) is 2.21. The number of anilines is 3. The Bertz CT molecular complexity index is 2240. The number of benzene rings is 7. The molecule has 1 heterocycles. The van der Waals surface area contributed by atoms with Crippen LogP contribution < -0.4 is 4.90 Å². The molecule has 0 spiro atoms. The number of hydrogen-bond acceptors (Lipinski definition) is 2. The van der Waals surface area contributed by atoms with Gasteiger partial charge in [-0.15, -0.1) is 11.3 Å². The van der Waals surface area contributed by atoms with Gasteiger partial charge >= 0.3 is 0 Å². The lowest BCUT2D eigenvalue weighted by atomic mass is 9.93. The van der Waals surface area contributed by atoms with E-state index in [-0.39, 0.29) is 0 Å². The van der Waals surface area contributed by atoms with Crippen LogP contribution >= 0.6 is 11.3 Å². The number of rotatable bonds is 4. The zero-order chi connectivity index (χ0) is 27.3. The van der Waals surface area contributed by atoms with E-state index >= 15 is 0 Å². The van der Waals surface area contributed by atoms with Crippen molar-refractivity contribution in [2.24, 2.45) is 0 Å². The van der Waals surface area contributed by atoms with E-state index in [9.17, 15) is 0 Å². The van der Waals surface area contributed by atoms with Crippen molar-refractivity contribution in [3.05, 3.63) is 151 Å². The molecule has 8 aromatic rings. The lowest BCUT2D eigenvalue weighted by Gasteiger charge is -2.30. The molecule has 0 radical (unpaired) electrons. The highest BCUT2D eigenvalue weighted by molar-refractivity contribution is 7.26. The molecular weight excluding hydrogens is 515 g/mol. The summed E-state index contributed by atoms with van der Waals surface area (Å²) >= 11 is 1.88. The van der Waals surface area contributed by atoms with E-state index in [0.717, 1.165) is 0 Å². The summed E-state index contributed by atoms with van der Waals surface area (Å²) in [6.07, 6.45) is 0.